The maximum Gasteiger partial charge on any atom is 0.258 e. The van der Waals surface area contributed by atoms with Crippen LogP contribution in [0.1, 0.15) is 30.7 Å². The number of nitrogens with zero attached hydrogens (tertiary/aromatic N) is 1. The van der Waals surface area contributed by atoms with Crippen molar-refractivity contribution in [3.63, 3.8) is 0 Å². The van der Waals surface area contributed by atoms with E-state index in [1.54, 1.807) is 6.20 Å². The van der Waals surface area contributed by atoms with E-state index < -0.39 is 0 Å². The average molecular weight is 226 g/mol. The fourth-order valence-electron chi connectivity index (χ4n) is 2.23. The number of benzene rings is 1. The lowest BCUT2D eigenvalue weighted by molar-refractivity contribution is 0.420. The third kappa shape index (κ3) is 1.88. The first-order valence-corrected chi connectivity index (χ1v) is 5.97. The lowest BCUT2D eigenvalue weighted by atomic mass is 9.80. The summed E-state index contributed by atoms with van der Waals surface area (Å²) in [5, 5.41) is 0. The average Bonchev–Trinajstić information content (AvgIpc) is 2.29. The van der Waals surface area contributed by atoms with E-state index in [0.29, 0.717) is 5.56 Å². The van der Waals surface area contributed by atoms with Gasteiger partial charge in [-0.2, -0.15) is 0 Å². The van der Waals surface area contributed by atoms with Gasteiger partial charge < -0.3 is 4.98 Å². The van der Waals surface area contributed by atoms with Gasteiger partial charge in [0.1, 0.15) is 0 Å². The summed E-state index contributed by atoms with van der Waals surface area (Å²) >= 11 is 0. The van der Waals surface area contributed by atoms with Gasteiger partial charge in [-0.15, -0.1) is 0 Å². The third-order valence-electron chi connectivity index (χ3n) is 3.52. The molecule has 17 heavy (non-hydrogen) atoms. The predicted molar refractivity (Wildman–Crippen MR) is 66.9 cm³/mol. The summed E-state index contributed by atoms with van der Waals surface area (Å²) in [5.74, 6) is 0.733. The molecule has 0 atom stereocenters. The molecule has 0 aliphatic heterocycles. The van der Waals surface area contributed by atoms with Crippen LogP contribution < -0.4 is 5.56 Å². The first-order chi connectivity index (χ1) is 8.34. The van der Waals surface area contributed by atoms with Crippen molar-refractivity contribution in [1.82, 2.24) is 9.97 Å². The maximum atomic E-state index is 11.6. The SMILES string of the molecule is O=c1[nH]cncc1-c1ccc(C2CCC2)cc1. The molecule has 1 aromatic heterocycles. The molecular formula is C14H14N2O. The normalized spacial score (nSPS) is 15.5. The van der Waals surface area contributed by atoms with Crippen LogP contribution in [0, 0.1) is 0 Å². The quantitative estimate of drug-likeness (QED) is 0.855. The van der Waals surface area contributed by atoms with Gasteiger partial charge in [0.2, 0.25) is 0 Å². The fraction of sp³-hybridized carbons (Fsp3) is 0.286. The van der Waals surface area contributed by atoms with Crippen LogP contribution in [0.5, 0.6) is 0 Å². The van der Waals surface area contributed by atoms with Crippen molar-refractivity contribution in [3.8, 4) is 11.1 Å². The Labute approximate surface area is 99.5 Å². The molecule has 3 nitrogen and oxygen atoms in total. The molecule has 1 fully saturated rings. The van der Waals surface area contributed by atoms with Crippen molar-refractivity contribution < 1.29 is 0 Å². The predicted octanol–water partition coefficient (Wildman–Crippen LogP) is 2.70. The van der Waals surface area contributed by atoms with E-state index in [-0.39, 0.29) is 5.56 Å². The van der Waals surface area contributed by atoms with Crippen LogP contribution in [0.15, 0.2) is 41.6 Å². The van der Waals surface area contributed by atoms with Gasteiger partial charge in [-0.25, -0.2) is 4.98 Å². The number of H-pyrrole nitrogens is 1. The van der Waals surface area contributed by atoms with E-state index in [1.165, 1.54) is 31.2 Å². The van der Waals surface area contributed by atoms with Crippen LogP contribution in [0.25, 0.3) is 11.1 Å². The Bertz CT molecular complexity index is 567. The molecule has 0 bridgehead atoms. The van der Waals surface area contributed by atoms with Crippen LogP contribution in [0.2, 0.25) is 0 Å². The van der Waals surface area contributed by atoms with Crippen molar-refractivity contribution >= 4 is 0 Å². The van der Waals surface area contributed by atoms with Crippen LogP contribution in [-0.2, 0) is 0 Å². The number of nitrogens with one attached hydrogen (secondary N) is 1. The molecule has 1 heterocycles. The number of hydrogen-bond acceptors (Lipinski definition) is 2. The monoisotopic (exact) mass is 226 g/mol. The molecule has 0 spiro atoms. The van der Waals surface area contributed by atoms with Crippen LogP contribution in [0.3, 0.4) is 0 Å². The van der Waals surface area contributed by atoms with Crippen LogP contribution in [0.4, 0.5) is 0 Å². The molecule has 1 aliphatic carbocycles. The van der Waals surface area contributed by atoms with Crippen molar-refractivity contribution in [1.29, 1.82) is 0 Å². The molecule has 3 heteroatoms. The van der Waals surface area contributed by atoms with Crippen LogP contribution in [-0.4, -0.2) is 9.97 Å². The van der Waals surface area contributed by atoms with E-state index in [2.05, 4.69) is 22.1 Å². The molecule has 0 radical (unpaired) electrons. The van der Waals surface area contributed by atoms with Gasteiger partial charge in [-0.05, 0) is 29.9 Å². The second kappa shape index (κ2) is 4.17. The Morgan fingerprint density at radius 2 is 1.94 bits per heavy atom. The molecule has 0 saturated heterocycles. The minimum atomic E-state index is -0.0867. The van der Waals surface area contributed by atoms with Crippen molar-refractivity contribution in [2.75, 3.05) is 0 Å². The summed E-state index contributed by atoms with van der Waals surface area (Å²) in [6.07, 6.45) is 6.96. The Morgan fingerprint density at radius 3 is 2.53 bits per heavy atom. The zero-order valence-electron chi connectivity index (χ0n) is 9.52. The molecule has 3 rings (SSSR count). The molecule has 1 saturated carbocycles. The van der Waals surface area contributed by atoms with E-state index >= 15 is 0 Å². The minimum absolute atomic E-state index is 0.0867. The molecule has 1 N–H and O–H groups in total. The Balaban J connectivity index is 1.94. The summed E-state index contributed by atoms with van der Waals surface area (Å²) in [5.41, 5.74) is 2.87. The van der Waals surface area contributed by atoms with Crippen molar-refractivity contribution in [2.45, 2.75) is 25.2 Å². The Morgan fingerprint density at radius 1 is 1.18 bits per heavy atom. The number of aromatic amines is 1. The molecule has 1 aliphatic rings. The fourth-order valence-corrected chi connectivity index (χ4v) is 2.23. The van der Waals surface area contributed by atoms with Crippen molar-refractivity contribution in [2.24, 2.45) is 0 Å². The highest BCUT2D eigenvalue weighted by Gasteiger charge is 2.19. The largest absolute Gasteiger partial charge is 0.313 e. The summed E-state index contributed by atoms with van der Waals surface area (Å²) in [6, 6.07) is 8.29. The molecule has 0 unspecified atom stereocenters. The van der Waals surface area contributed by atoms with E-state index in [4.69, 9.17) is 0 Å². The van der Waals surface area contributed by atoms with Gasteiger partial charge in [-0.1, -0.05) is 30.7 Å². The molecule has 0 amide bonds. The highest BCUT2D eigenvalue weighted by molar-refractivity contribution is 5.61. The van der Waals surface area contributed by atoms with Gasteiger partial charge >= 0.3 is 0 Å². The summed E-state index contributed by atoms with van der Waals surface area (Å²) < 4.78 is 0. The number of hydrogen-bond donors (Lipinski definition) is 1. The minimum Gasteiger partial charge on any atom is -0.313 e. The Kier molecular flexibility index (Phi) is 2.52. The smallest absolute Gasteiger partial charge is 0.258 e. The molecule has 2 aromatic rings. The highest BCUT2D eigenvalue weighted by Crippen LogP contribution is 2.36. The van der Waals surface area contributed by atoms with Gasteiger partial charge in [-0.3, -0.25) is 4.79 Å². The zero-order chi connectivity index (χ0) is 11.7. The summed E-state index contributed by atoms with van der Waals surface area (Å²) in [4.78, 5) is 18.2. The number of rotatable bonds is 2. The summed E-state index contributed by atoms with van der Waals surface area (Å²) in [7, 11) is 0. The lowest BCUT2D eigenvalue weighted by Gasteiger charge is -2.25. The lowest BCUT2D eigenvalue weighted by Crippen LogP contribution is -2.10. The van der Waals surface area contributed by atoms with Gasteiger partial charge in [0.15, 0.2) is 0 Å². The van der Waals surface area contributed by atoms with E-state index in [9.17, 15) is 4.79 Å². The molecule has 1 aromatic carbocycles. The van der Waals surface area contributed by atoms with Crippen molar-refractivity contribution in [3.05, 3.63) is 52.7 Å². The maximum absolute atomic E-state index is 11.6. The topological polar surface area (TPSA) is 45.8 Å². The van der Waals surface area contributed by atoms with Gasteiger partial charge in [0.05, 0.1) is 11.9 Å². The van der Waals surface area contributed by atoms with Gasteiger partial charge in [0, 0.05) is 6.20 Å². The standard InChI is InChI=1S/C14H14N2O/c17-14-13(8-15-9-16-14)12-6-4-11(5-7-12)10-2-1-3-10/h4-10H,1-3H2,(H,15,16,17). The second-order valence-corrected chi connectivity index (χ2v) is 4.54. The third-order valence-corrected chi connectivity index (χ3v) is 3.52. The number of aromatic nitrogens is 2. The highest BCUT2D eigenvalue weighted by atomic mass is 16.1. The summed E-state index contributed by atoms with van der Waals surface area (Å²) in [6.45, 7) is 0. The first kappa shape index (κ1) is 10.3. The first-order valence-electron chi connectivity index (χ1n) is 5.97. The van der Waals surface area contributed by atoms with E-state index in [1.807, 2.05) is 12.1 Å². The molecule has 86 valence electrons. The second-order valence-electron chi connectivity index (χ2n) is 4.54. The van der Waals surface area contributed by atoms with E-state index in [0.717, 1.165) is 11.5 Å². The Hall–Kier alpha value is -1.90. The van der Waals surface area contributed by atoms with Gasteiger partial charge in [0.25, 0.3) is 5.56 Å². The van der Waals surface area contributed by atoms with Crippen LogP contribution >= 0.6 is 0 Å². The zero-order valence-corrected chi connectivity index (χ0v) is 9.52. The molecular weight excluding hydrogens is 212 g/mol.